The minimum absolute atomic E-state index is 0.396. The second-order valence-corrected chi connectivity index (χ2v) is 2.64. The van der Waals surface area contributed by atoms with E-state index in [1.54, 1.807) is 0 Å². The van der Waals surface area contributed by atoms with Gasteiger partial charge in [-0.1, -0.05) is 0 Å². The number of hydrogen-bond acceptors (Lipinski definition) is 4. The second kappa shape index (κ2) is 3.76. The number of anilines is 1. The van der Waals surface area contributed by atoms with Gasteiger partial charge in [-0.25, -0.2) is 4.79 Å². The van der Waals surface area contributed by atoms with Crippen molar-refractivity contribution in [2.75, 3.05) is 12.8 Å². The Hall–Kier alpha value is -1.79. The molecule has 2 N–H and O–H groups in total. The number of pyridine rings is 1. The second-order valence-electron chi connectivity index (χ2n) is 2.64. The van der Waals surface area contributed by atoms with Gasteiger partial charge >= 0.3 is 12.1 Å². The highest BCUT2D eigenvalue weighted by Gasteiger charge is 2.35. The highest BCUT2D eigenvalue weighted by atomic mass is 19.4. The van der Waals surface area contributed by atoms with E-state index in [9.17, 15) is 18.0 Å². The summed E-state index contributed by atoms with van der Waals surface area (Å²) in [6, 6.07) is 0. The van der Waals surface area contributed by atoms with Gasteiger partial charge in [-0.05, 0) is 0 Å². The summed E-state index contributed by atoms with van der Waals surface area (Å²) >= 11 is 0. The van der Waals surface area contributed by atoms with Crippen molar-refractivity contribution < 1.29 is 22.7 Å². The molecule has 0 aliphatic heterocycles. The standard InChI is InChI=1S/C8H7F3N2O2/c1-15-7(14)4-2-13-3-5(6(4)12)8(9,10)11/h2-3H,1H3,(H2,12,13). The average molecular weight is 220 g/mol. The third kappa shape index (κ3) is 2.17. The van der Waals surface area contributed by atoms with Crippen LogP contribution in [-0.4, -0.2) is 18.1 Å². The minimum Gasteiger partial charge on any atom is -0.465 e. The number of halogens is 3. The number of carbonyl (C=O) groups is 1. The van der Waals surface area contributed by atoms with Crippen LogP contribution in [0, 0.1) is 0 Å². The molecule has 1 heterocycles. The van der Waals surface area contributed by atoms with E-state index in [-0.39, 0.29) is 0 Å². The summed E-state index contributed by atoms with van der Waals surface area (Å²) in [4.78, 5) is 14.3. The zero-order chi connectivity index (χ0) is 11.6. The molecule has 1 aromatic rings. The molecule has 0 aliphatic carbocycles. The van der Waals surface area contributed by atoms with Crippen molar-refractivity contribution in [3.8, 4) is 0 Å². The molecule has 0 unspecified atom stereocenters. The summed E-state index contributed by atoms with van der Waals surface area (Å²) in [5, 5.41) is 0. The van der Waals surface area contributed by atoms with E-state index in [0.29, 0.717) is 6.20 Å². The van der Waals surface area contributed by atoms with Crippen LogP contribution in [0.5, 0.6) is 0 Å². The molecule has 15 heavy (non-hydrogen) atoms. The number of hydrogen-bond donors (Lipinski definition) is 1. The van der Waals surface area contributed by atoms with Crippen molar-refractivity contribution in [3.63, 3.8) is 0 Å². The maximum atomic E-state index is 12.3. The molecule has 0 fully saturated rings. The first kappa shape index (κ1) is 11.3. The van der Waals surface area contributed by atoms with Crippen LogP contribution >= 0.6 is 0 Å². The summed E-state index contributed by atoms with van der Waals surface area (Å²) in [5.74, 6) is -0.953. The molecule has 0 saturated heterocycles. The first-order valence-corrected chi connectivity index (χ1v) is 3.77. The number of rotatable bonds is 1. The molecule has 0 radical (unpaired) electrons. The van der Waals surface area contributed by atoms with Crippen molar-refractivity contribution >= 4 is 11.7 Å². The Morgan fingerprint density at radius 3 is 2.53 bits per heavy atom. The van der Waals surface area contributed by atoms with Crippen LogP contribution in [0.3, 0.4) is 0 Å². The smallest absolute Gasteiger partial charge is 0.419 e. The van der Waals surface area contributed by atoms with Crippen LogP contribution in [-0.2, 0) is 10.9 Å². The van der Waals surface area contributed by atoms with E-state index in [1.165, 1.54) is 0 Å². The molecule has 82 valence electrons. The average Bonchev–Trinajstić information content (AvgIpc) is 2.15. The predicted molar refractivity (Wildman–Crippen MR) is 45.0 cm³/mol. The lowest BCUT2D eigenvalue weighted by molar-refractivity contribution is -0.137. The van der Waals surface area contributed by atoms with E-state index in [1.807, 2.05) is 0 Å². The fraction of sp³-hybridized carbons (Fsp3) is 0.250. The zero-order valence-electron chi connectivity index (χ0n) is 7.63. The zero-order valence-corrected chi connectivity index (χ0v) is 7.63. The Bertz CT molecular complexity index is 390. The largest absolute Gasteiger partial charge is 0.465 e. The predicted octanol–water partition coefficient (Wildman–Crippen LogP) is 1.47. The number of methoxy groups -OCH3 is 1. The number of nitrogen functional groups attached to an aromatic ring is 1. The van der Waals surface area contributed by atoms with Crippen molar-refractivity contribution in [3.05, 3.63) is 23.5 Å². The summed E-state index contributed by atoms with van der Waals surface area (Å²) in [6.45, 7) is 0. The first-order valence-electron chi connectivity index (χ1n) is 3.77. The number of ether oxygens (including phenoxy) is 1. The molecular weight excluding hydrogens is 213 g/mol. The van der Waals surface area contributed by atoms with Gasteiger partial charge < -0.3 is 10.5 Å². The van der Waals surface area contributed by atoms with Gasteiger partial charge in [-0.3, -0.25) is 4.98 Å². The fourth-order valence-electron chi connectivity index (χ4n) is 0.969. The normalized spacial score (nSPS) is 11.2. The van der Waals surface area contributed by atoms with Crippen LogP contribution in [0.25, 0.3) is 0 Å². The van der Waals surface area contributed by atoms with Gasteiger partial charge in [0.1, 0.15) is 5.56 Å². The topological polar surface area (TPSA) is 65.2 Å². The number of alkyl halides is 3. The molecule has 1 aromatic heterocycles. The van der Waals surface area contributed by atoms with Gasteiger partial charge in [0.15, 0.2) is 0 Å². The van der Waals surface area contributed by atoms with Crippen LogP contribution in [0.2, 0.25) is 0 Å². The molecule has 0 saturated carbocycles. The summed E-state index contributed by atoms with van der Waals surface area (Å²) in [5.41, 5.74) is 2.96. The molecule has 0 spiro atoms. The fourth-order valence-corrected chi connectivity index (χ4v) is 0.969. The number of esters is 1. The van der Waals surface area contributed by atoms with Gasteiger partial charge in [-0.15, -0.1) is 0 Å². The number of carbonyl (C=O) groups excluding carboxylic acids is 1. The van der Waals surface area contributed by atoms with E-state index in [4.69, 9.17) is 5.73 Å². The monoisotopic (exact) mass is 220 g/mol. The Balaban J connectivity index is 3.30. The molecule has 0 aromatic carbocycles. The molecule has 0 bridgehead atoms. The van der Waals surface area contributed by atoms with Crippen molar-refractivity contribution in [1.82, 2.24) is 4.98 Å². The maximum absolute atomic E-state index is 12.3. The molecule has 4 nitrogen and oxygen atoms in total. The number of nitrogens with two attached hydrogens (primary N) is 1. The number of aromatic nitrogens is 1. The first-order chi connectivity index (χ1) is 6.88. The lowest BCUT2D eigenvalue weighted by Gasteiger charge is -2.11. The van der Waals surface area contributed by atoms with Crippen LogP contribution < -0.4 is 5.73 Å². The molecule has 1 rings (SSSR count). The lowest BCUT2D eigenvalue weighted by Crippen LogP contribution is -2.14. The summed E-state index contributed by atoms with van der Waals surface area (Å²) in [6.07, 6.45) is -3.15. The van der Waals surface area contributed by atoms with E-state index in [0.717, 1.165) is 13.3 Å². The van der Waals surface area contributed by atoms with Crippen LogP contribution in [0.15, 0.2) is 12.4 Å². The van der Waals surface area contributed by atoms with Gasteiger partial charge in [0, 0.05) is 12.4 Å². The quantitative estimate of drug-likeness (QED) is 0.728. The molecule has 7 heteroatoms. The third-order valence-electron chi connectivity index (χ3n) is 1.70. The Labute approximate surface area is 82.9 Å². The van der Waals surface area contributed by atoms with Crippen molar-refractivity contribution in [1.29, 1.82) is 0 Å². The molecule has 0 amide bonds. The van der Waals surface area contributed by atoms with E-state index < -0.39 is 29.0 Å². The highest BCUT2D eigenvalue weighted by molar-refractivity contribution is 5.95. The van der Waals surface area contributed by atoms with Crippen molar-refractivity contribution in [2.24, 2.45) is 0 Å². The van der Waals surface area contributed by atoms with Gasteiger partial charge in [0.05, 0.1) is 18.4 Å². The summed E-state index contributed by atoms with van der Waals surface area (Å²) < 4.78 is 41.2. The minimum atomic E-state index is -4.64. The van der Waals surface area contributed by atoms with E-state index in [2.05, 4.69) is 9.72 Å². The molecule has 0 aliphatic rings. The Kier molecular flexibility index (Phi) is 2.83. The van der Waals surface area contributed by atoms with Gasteiger partial charge in [0.25, 0.3) is 0 Å². The van der Waals surface area contributed by atoms with Crippen LogP contribution in [0.1, 0.15) is 15.9 Å². The van der Waals surface area contributed by atoms with Gasteiger partial charge in [0.2, 0.25) is 0 Å². The van der Waals surface area contributed by atoms with Crippen LogP contribution in [0.4, 0.5) is 18.9 Å². The Morgan fingerprint density at radius 2 is 2.07 bits per heavy atom. The summed E-state index contributed by atoms with van der Waals surface area (Å²) in [7, 11) is 1.04. The SMILES string of the molecule is COC(=O)c1cncc(C(F)(F)F)c1N. The van der Waals surface area contributed by atoms with E-state index >= 15 is 0 Å². The molecular formula is C8H7F3N2O2. The number of nitrogens with zero attached hydrogens (tertiary/aromatic N) is 1. The third-order valence-corrected chi connectivity index (χ3v) is 1.70. The molecule has 0 atom stereocenters. The lowest BCUT2D eigenvalue weighted by atomic mass is 10.1. The van der Waals surface area contributed by atoms with Crippen molar-refractivity contribution in [2.45, 2.75) is 6.18 Å². The van der Waals surface area contributed by atoms with Gasteiger partial charge in [-0.2, -0.15) is 13.2 Å². The highest BCUT2D eigenvalue weighted by Crippen LogP contribution is 2.34. The maximum Gasteiger partial charge on any atom is 0.419 e. The Morgan fingerprint density at radius 1 is 1.47 bits per heavy atom.